The van der Waals surface area contributed by atoms with Crippen LogP contribution in [-0.4, -0.2) is 33.5 Å². The van der Waals surface area contributed by atoms with E-state index in [2.05, 4.69) is 20.5 Å². The molecule has 10 heteroatoms. The third-order valence-corrected chi connectivity index (χ3v) is 8.94. The predicted molar refractivity (Wildman–Crippen MR) is 158 cm³/mol. The van der Waals surface area contributed by atoms with Gasteiger partial charge in [0, 0.05) is 28.6 Å². The summed E-state index contributed by atoms with van der Waals surface area (Å²) in [6, 6.07) is 16.2. The Balaban J connectivity index is 1.22. The Kier molecular flexibility index (Phi) is 6.42. The monoisotopic (exact) mass is 581 g/mol. The highest BCUT2D eigenvalue weighted by Crippen LogP contribution is 2.44. The molecule has 7 rings (SSSR count). The normalized spacial score (nSPS) is 14.2. The van der Waals surface area contributed by atoms with Gasteiger partial charge in [0.15, 0.2) is 0 Å². The topological polar surface area (TPSA) is 91.0 Å². The van der Waals surface area contributed by atoms with E-state index >= 15 is 4.39 Å². The van der Waals surface area contributed by atoms with Crippen molar-refractivity contribution in [2.45, 2.75) is 32.1 Å². The van der Waals surface area contributed by atoms with Crippen LogP contribution >= 0.6 is 11.3 Å². The van der Waals surface area contributed by atoms with Crippen molar-refractivity contribution in [1.82, 2.24) is 15.2 Å². The van der Waals surface area contributed by atoms with E-state index in [9.17, 15) is 14.0 Å². The minimum Gasteiger partial charge on any atom is -0.319 e. The fraction of sp³-hybridized carbons (Fsp3) is 0.188. The number of hydrogen-bond donors (Lipinski definition) is 2. The standard InChI is InChI=1S/C32H25F2N5O2S/c1-17-5-2-7-22(34)28(17)37-31(40)26-15-19-13-14-39(25-10-3-6-21(33)27(25)30(19)42-26)32(41)24-9-4-8-23(36-24)20-16-35-38-29(20)18-11-12-18/h2-10,15-16,18H,11-14H2,1H3,(H,35,38)(H,37,40). The molecule has 0 bridgehead atoms. The smallest absolute Gasteiger partial charge is 0.276 e. The molecular weight excluding hydrogens is 556 g/mol. The summed E-state index contributed by atoms with van der Waals surface area (Å²) in [5, 5.41) is 9.93. The number of benzene rings is 2. The van der Waals surface area contributed by atoms with E-state index in [1.807, 2.05) is 6.07 Å². The Labute approximate surface area is 244 Å². The largest absolute Gasteiger partial charge is 0.319 e. The molecule has 0 spiro atoms. The van der Waals surface area contributed by atoms with E-state index in [4.69, 9.17) is 0 Å². The first-order valence-electron chi connectivity index (χ1n) is 13.7. The van der Waals surface area contributed by atoms with Crippen LogP contribution in [0.15, 0.2) is 66.9 Å². The molecule has 3 aromatic heterocycles. The number of carbonyl (C=O) groups is 2. The molecule has 1 aliphatic carbocycles. The van der Waals surface area contributed by atoms with Gasteiger partial charge in [0.25, 0.3) is 11.8 Å². The number of fused-ring (bicyclic) bond motifs is 3. The number of carbonyl (C=O) groups excluding carboxylic acids is 2. The number of rotatable bonds is 5. The van der Waals surface area contributed by atoms with Crippen LogP contribution in [0.3, 0.4) is 0 Å². The van der Waals surface area contributed by atoms with E-state index < -0.39 is 17.5 Å². The molecule has 0 atom stereocenters. The van der Waals surface area contributed by atoms with E-state index in [1.165, 1.54) is 12.1 Å². The number of aromatic amines is 1. The number of anilines is 2. The molecule has 1 fully saturated rings. The second-order valence-electron chi connectivity index (χ2n) is 10.6. The highest BCUT2D eigenvalue weighted by molar-refractivity contribution is 7.17. The van der Waals surface area contributed by atoms with Gasteiger partial charge in [0.1, 0.15) is 17.3 Å². The lowest BCUT2D eigenvalue weighted by Crippen LogP contribution is -2.33. The van der Waals surface area contributed by atoms with Gasteiger partial charge in [-0.15, -0.1) is 11.3 Å². The molecule has 1 saturated carbocycles. The predicted octanol–water partition coefficient (Wildman–Crippen LogP) is 7.12. The van der Waals surface area contributed by atoms with Crippen LogP contribution in [0.5, 0.6) is 0 Å². The first kappa shape index (κ1) is 26.2. The lowest BCUT2D eigenvalue weighted by molar-refractivity contribution is 0.0981. The summed E-state index contributed by atoms with van der Waals surface area (Å²) in [7, 11) is 0. The Morgan fingerprint density at radius 3 is 2.64 bits per heavy atom. The number of H-pyrrole nitrogens is 1. The maximum absolute atomic E-state index is 15.5. The molecule has 42 heavy (non-hydrogen) atoms. The summed E-state index contributed by atoms with van der Waals surface area (Å²) < 4.78 is 29.9. The molecule has 2 aliphatic rings. The van der Waals surface area contributed by atoms with Crippen LogP contribution in [0.25, 0.3) is 21.7 Å². The summed E-state index contributed by atoms with van der Waals surface area (Å²) in [5.41, 5.74) is 4.94. The van der Waals surface area contributed by atoms with E-state index in [0.29, 0.717) is 39.0 Å². The van der Waals surface area contributed by atoms with Gasteiger partial charge >= 0.3 is 0 Å². The quantitative estimate of drug-likeness (QED) is 0.231. The van der Waals surface area contributed by atoms with Gasteiger partial charge in [-0.05, 0) is 73.7 Å². The number of para-hydroxylation sites is 1. The SMILES string of the molecule is Cc1cccc(F)c1NC(=O)c1cc2c(s1)-c1c(F)cccc1N(C(=O)c1cccc(-c3cn[nH]c3C3CC3)n1)CC2. The number of aryl methyl sites for hydroxylation is 1. The van der Waals surface area contributed by atoms with Gasteiger partial charge in [-0.2, -0.15) is 5.10 Å². The van der Waals surface area contributed by atoms with Crippen molar-refractivity contribution < 1.29 is 18.4 Å². The minimum atomic E-state index is -0.527. The van der Waals surface area contributed by atoms with Gasteiger partial charge in [-0.1, -0.05) is 24.3 Å². The van der Waals surface area contributed by atoms with Crippen molar-refractivity contribution in [1.29, 1.82) is 0 Å². The Morgan fingerprint density at radius 2 is 1.83 bits per heavy atom. The van der Waals surface area contributed by atoms with Gasteiger partial charge in [0.2, 0.25) is 0 Å². The molecule has 2 aromatic carbocycles. The van der Waals surface area contributed by atoms with Gasteiger partial charge < -0.3 is 10.2 Å². The average molecular weight is 582 g/mol. The van der Waals surface area contributed by atoms with Crippen LogP contribution in [0.4, 0.5) is 20.2 Å². The molecule has 7 nitrogen and oxygen atoms in total. The molecule has 210 valence electrons. The lowest BCUT2D eigenvalue weighted by Gasteiger charge is -2.23. The zero-order valence-electron chi connectivity index (χ0n) is 22.6. The second kappa shape index (κ2) is 10.3. The Hall–Kier alpha value is -4.70. The average Bonchev–Trinajstić information content (AvgIpc) is 3.60. The van der Waals surface area contributed by atoms with Gasteiger partial charge in [-0.3, -0.25) is 14.7 Å². The summed E-state index contributed by atoms with van der Waals surface area (Å²) >= 11 is 1.13. The van der Waals surface area contributed by atoms with Crippen LogP contribution in [-0.2, 0) is 6.42 Å². The summed E-state index contributed by atoms with van der Waals surface area (Å²) in [4.78, 5) is 34.2. The molecule has 2 N–H and O–H groups in total. The van der Waals surface area contributed by atoms with Gasteiger partial charge in [0.05, 0.1) is 33.7 Å². The number of hydrogen-bond acceptors (Lipinski definition) is 5. The van der Waals surface area contributed by atoms with Crippen LogP contribution < -0.4 is 10.2 Å². The number of pyridine rings is 1. The van der Waals surface area contributed by atoms with E-state index in [-0.39, 0.29) is 29.4 Å². The minimum absolute atomic E-state index is 0.115. The van der Waals surface area contributed by atoms with Crippen molar-refractivity contribution in [3.63, 3.8) is 0 Å². The highest BCUT2D eigenvalue weighted by atomic mass is 32.1. The molecule has 5 aromatic rings. The molecular formula is C32H25F2N5O2S. The maximum atomic E-state index is 15.5. The van der Waals surface area contributed by atoms with Crippen LogP contribution in [0.1, 0.15) is 55.7 Å². The fourth-order valence-corrected chi connectivity index (χ4v) is 6.62. The van der Waals surface area contributed by atoms with E-state index in [1.54, 1.807) is 60.5 Å². The number of nitrogens with zero attached hydrogens (tertiary/aromatic N) is 3. The van der Waals surface area contributed by atoms with Crippen molar-refractivity contribution in [3.8, 4) is 21.7 Å². The highest BCUT2D eigenvalue weighted by Gasteiger charge is 2.32. The molecule has 1 aliphatic heterocycles. The van der Waals surface area contributed by atoms with Crippen LogP contribution in [0.2, 0.25) is 0 Å². The lowest BCUT2D eigenvalue weighted by atomic mass is 10.1. The van der Waals surface area contributed by atoms with Crippen molar-refractivity contribution in [2.24, 2.45) is 0 Å². The third-order valence-electron chi connectivity index (χ3n) is 7.75. The molecule has 0 radical (unpaired) electrons. The zero-order chi connectivity index (χ0) is 29.0. The van der Waals surface area contributed by atoms with Crippen molar-refractivity contribution in [2.75, 3.05) is 16.8 Å². The van der Waals surface area contributed by atoms with Crippen molar-refractivity contribution >= 4 is 34.5 Å². The maximum Gasteiger partial charge on any atom is 0.276 e. The Morgan fingerprint density at radius 1 is 1.05 bits per heavy atom. The second-order valence-corrected chi connectivity index (χ2v) is 11.6. The zero-order valence-corrected chi connectivity index (χ0v) is 23.4. The van der Waals surface area contributed by atoms with Crippen molar-refractivity contribution in [3.05, 3.63) is 106 Å². The fourth-order valence-electron chi connectivity index (χ4n) is 5.45. The first-order valence-corrected chi connectivity index (χ1v) is 14.5. The number of aromatic nitrogens is 3. The number of amides is 2. The summed E-state index contributed by atoms with van der Waals surface area (Å²) in [6.45, 7) is 1.97. The first-order chi connectivity index (χ1) is 20.4. The van der Waals surface area contributed by atoms with E-state index in [0.717, 1.165) is 41.0 Å². The molecule has 2 amide bonds. The number of nitrogens with one attached hydrogen (secondary N) is 2. The number of thiophene rings is 1. The Bertz CT molecular complexity index is 1860. The molecule has 0 saturated heterocycles. The third kappa shape index (κ3) is 4.57. The summed E-state index contributed by atoms with van der Waals surface area (Å²) in [5.74, 6) is -1.41. The molecule has 4 heterocycles. The van der Waals surface area contributed by atoms with Crippen LogP contribution in [0, 0.1) is 18.6 Å². The number of halogens is 2. The molecule has 0 unspecified atom stereocenters. The van der Waals surface area contributed by atoms with Gasteiger partial charge in [-0.25, -0.2) is 13.8 Å². The summed E-state index contributed by atoms with van der Waals surface area (Å²) in [6.07, 6.45) is 4.32.